The number of aromatic nitrogens is 3. The highest BCUT2D eigenvalue weighted by Gasteiger charge is 2.51. The van der Waals surface area contributed by atoms with Crippen molar-refractivity contribution in [3.05, 3.63) is 217 Å². The summed E-state index contributed by atoms with van der Waals surface area (Å²) >= 11 is 3.66. The second-order valence-corrected chi connectivity index (χ2v) is 34.1. The number of fused-ring (bicyclic) bond motifs is 3. The molecule has 0 saturated carbocycles. The molecular weight excluding hydrogens is 1570 g/mol. The van der Waals surface area contributed by atoms with Gasteiger partial charge in [-0.15, -0.1) is 34.0 Å². The lowest BCUT2D eigenvalue weighted by Gasteiger charge is -2.35. The number of alkyl halides is 3. The fourth-order valence-electron chi connectivity index (χ4n) is 16.9. The topological polar surface area (TPSA) is 287 Å². The molecule has 24 nitrogen and oxygen atoms in total. The molecule has 9 amide bonds. The number of nitrogens with zero attached hydrogens (tertiary/aromatic N) is 9. The summed E-state index contributed by atoms with van der Waals surface area (Å²) in [5.74, 6) is -5.79. The summed E-state index contributed by atoms with van der Waals surface area (Å²) in [7, 11) is 0. The van der Waals surface area contributed by atoms with Gasteiger partial charge in [0, 0.05) is 93.5 Å². The van der Waals surface area contributed by atoms with Crippen molar-refractivity contribution in [3.63, 3.8) is 0 Å². The van der Waals surface area contributed by atoms with Crippen molar-refractivity contribution < 1.29 is 75.3 Å². The summed E-state index contributed by atoms with van der Waals surface area (Å²) in [4.78, 5) is 155. The zero-order valence-corrected chi connectivity index (χ0v) is 67.5. The second-order valence-electron chi connectivity index (χ2n) is 31.5. The van der Waals surface area contributed by atoms with E-state index in [1.807, 2.05) is 64.1 Å². The lowest BCUT2D eigenvalue weighted by Crippen LogP contribution is -2.55. The summed E-state index contributed by atoms with van der Waals surface area (Å²) in [6.45, 7) is 12.5. The molecule has 15 rings (SSSR count). The van der Waals surface area contributed by atoms with Crippen LogP contribution in [0, 0.1) is 30.5 Å². The van der Waals surface area contributed by atoms with E-state index < -0.39 is 137 Å². The molecule has 31 heteroatoms. The van der Waals surface area contributed by atoms with Crippen LogP contribution in [0.25, 0.3) is 31.3 Å². The van der Waals surface area contributed by atoms with Gasteiger partial charge in [-0.3, -0.25) is 48.1 Å². The van der Waals surface area contributed by atoms with Crippen molar-refractivity contribution in [2.75, 3.05) is 19.6 Å². The maximum absolute atomic E-state index is 15.7. The van der Waals surface area contributed by atoms with Gasteiger partial charge in [0.2, 0.25) is 35.4 Å². The first-order valence-corrected chi connectivity index (χ1v) is 41.5. The Morgan fingerprint density at radius 1 is 0.504 bits per heavy atom. The predicted molar refractivity (Wildman–Crippen MR) is 428 cm³/mol. The number of likely N-dealkylation sites (tertiary alicyclic amines) is 3. The molecule has 9 atom stereocenters. The maximum atomic E-state index is 15.7. The van der Waals surface area contributed by atoms with Crippen molar-refractivity contribution in [2.45, 2.75) is 168 Å². The van der Waals surface area contributed by atoms with E-state index in [0.29, 0.717) is 49.5 Å². The first kappa shape index (κ1) is 80.9. The van der Waals surface area contributed by atoms with E-state index >= 15 is 18.8 Å². The highest BCUT2D eigenvalue weighted by atomic mass is 32.1. The molecule has 0 unspecified atom stereocenters. The van der Waals surface area contributed by atoms with Crippen molar-refractivity contribution in [1.82, 2.24) is 60.3 Å². The van der Waals surface area contributed by atoms with Gasteiger partial charge in [0.25, 0.3) is 17.7 Å². The minimum Gasteiger partial charge on any atom is -0.488 e. The number of thiazole rings is 3. The largest absolute Gasteiger partial charge is 0.488 e. The smallest absolute Gasteiger partial charge is 0.434 e. The number of nitrogens with one attached hydrogen (secondary N) is 3. The number of hydrogen-bond acceptors (Lipinski definition) is 18. The van der Waals surface area contributed by atoms with E-state index in [1.165, 1.54) is 70.3 Å². The third kappa shape index (κ3) is 16.5. The fourth-order valence-corrected chi connectivity index (χ4v) is 19.2. The number of β-amino-alcohol motifs (C(OH)–C–C–N with tert-alkyl or cyclic N) is 1. The minimum atomic E-state index is -4.66. The van der Waals surface area contributed by atoms with Gasteiger partial charge in [-0.25, -0.2) is 14.4 Å². The number of hydrogen-bond donors (Lipinski definition) is 4. The standard InChI is InChI=1S/C86H86F4N12O12S3/c1-45(2)71(83(110)97-39-57(103)27-67(97)77(104)94-34-51-16-25-63(66(87)26-51)74-48(7)95-43-116-74)101-37-55-21-23-58(28-64(55)81(101)108)114-61-31-69(78(105)92-32-49-12-17-52(18-13-49)70-35-91-42-115-70)99(41-61)85(112)73(47(5)6)102-38-56-22-24-59(29-65(56)82(102)109)113-60-30-68(79(106)93-33-50-14-19-53(20-15-50)75-76(86(88,89)90)96-44-117-75)98(40-60)84(111)72(46(3)4)100-36-54-10-8-9-11-62(54)80(100)107/h8-26,28-29,35,42-47,57,60-61,67-69,71-73,103H,27,30-34,36-41H2,1-7H3,(H,92,105)(H,93,106)(H,94,104)/t57-,60-,61-,67+,68+,69+,71+,72+,73+/m1/s1. The van der Waals surface area contributed by atoms with Crippen LogP contribution in [0.15, 0.2) is 150 Å². The Labute approximate surface area is 684 Å². The number of ether oxygens (including phenoxy) is 2. The Kier molecular flexibility index (Phi) is 23.1. The average molecular weight is 1650 g/mol. The zero-order chi connectivity index (χ0) is 82.6. The first-order chi connectivity index (χ1) is 56.0. The minimum absolute atomic E-state index is 0.00481. The molecule has 117 heavy (non-hydrogen) atoms. The lowest BCUT2D eigenvalue weighted by molar-refractivity contribution is -0.143. The van der Waals surface area contributed by atoms with Crippen LogP contribution in [0.4, 0.5) is 17.6 Å². The maximum Gasteiger partial charge on any atom is 0.434 e. The molecule has 9 heterocycles. The number of carbonyl (C=O) groups excluding carboxylic acids is 9. The number of amides is 9. The lowest BCUT2D eigenvalue weighted by atomic mass is 10.0. The number of aryl methyl sites for hydroxylation is 1. The van der Waals surface area contributed by atoms with E-state index in [0.717, 1.165) is 38.4 Å². The Morgan fingerprint density at radius 3 is 1.41 bits per heavy atom. The summed E-state index contributed by atoms with van der Waals surface area (Å²) in [5, 5.41) is 19.8. The molecule has 0 spiro atoms. The van der Waals surface area contributed by atoms with E-state index in [9.17, 15) is 47.0 Å². The molecular formula is C86H86F4N12O12S3. The Bertz CT molecular complexity index is 5330. The summed E-state index contributed by atoms with van der Waals surface area (Å²) in [6.07, 6.45) is -5.66. The molecule has 6 aromatic carbocycles. The fraction of sp³-hybridized carbons (Fsp3) is 0.372. The van der Waals surface area contributed by atoms with Crippen LogP contribution in [0.2, 0.25) is 0 Å². The second kappa shape index (κ2) is 33.4. The van der Waals surface area contributed by atoms with Gasteiger partial charge in [0.05, 0.1) is 56.1 Å². The van der Waals surface area contributed by atoms with Gasteiger partial charge in [-0.05, 0) is 106 Å². The highest BCUT2D eigenvalue weighted by Crippen LogP contribution is 2.42. The third-order valence-electron chi connectivity index (χ3n) is 22.7. The van der Waals surface area contributed by atoms with E-state index in [-0.39, 0.29) is 112 Å². The van der Waals surface area contributed by atoms with Crippen molar-refractivity contribution in [3.8, 4) is 42.8 Å². The average Bonchev–Trinajstić information content (AvgIpc) is 1.58. The summed E-state index contributed by atoms with van der Waals surface area (Å²) in [5.41, 5.74) is 10.5. The normalized spacial score (nSPS) is 19.9. The molecule has 608 valence electrons. The van der Waals surface area contributed by atoms with Gasteiger partial charge >= 0.3 is 6.18 Å². The van der Waals surface area contributed by atoms with Gasteiger partial charge < -0.3 is 59.9 Å². The van der Waals surface area contributed by atoms with Crippen LogP contribution in [-0.4, -0.2) is 177 Å². The van der Waals surface area contributed by atoms with Crippen LogP contribution in [-0.2, 0) is 74.2 Å². The van der Waals surface area contributed by atoms with E-state index in [2.05, 4.69) is 30.9 Å². The van der Waals surface area contributed by atoms with Crippen LogP contribution < -0.4 is 25.4 Å². The molecule has 0 radical (unpaired) electrons. The molecule has 3 fully saturated rings. The van der Waals surface area contributed by atoms with Gasteiger partial charge in [0.1, 0.15) is 65.8 Å². The quantitative estimate of drug-likeness (QED) is 0.0387. The van der Waals surface area contributed by atoms with Crippen molar-refractivity contribution >= 4 is 87.2 Å². The monoisotopic (exact) mass is 1650 g/mol. The molecule has 3 saturated heterocycles. The number of aliphatic hydroxyl groups is 1. The van der Waals surface area contributed by atoms with E-state index in [4.69, 9.17) is 9.47 Å². The SMILES string of the molecule is Cc1ncsc1-c1ccc(CNC(=O)[C@@H]2C[C@@H](O)CN2C(=O)[C@H](C(C)C)N2Cc3ccc(O[C@@H]4C[C@@H](C(=O)NCc5ccc(-c6cncs6)cc5)N(C(=O)[C@H](C(C)C)N5Cc6ccc(O[C@@H]7C[C@@H](C(=O)NCc8ccc(-c9scnc9C(F)(F)F)cc8)N(C(=O)[C@H](C(C)C)N8Cc9ccccc9C8=O)C7)cc6C5=O)C4)cc3C2=O)cc1F. The van der Waals surface area contributed by atoms with Crippen LogP contribution >= 0.6 is 34.0 Å². The van der Waals surface area contributed by atoms with Gasteiger partial charge in [-0.1, -0.05) is 133 Å². The van der Waals surface area contributed by atoms with Crippen LogP contribution in [0.3, 0.4) is 0 Å². The van der Waals surface area contributed by atoms with Gasteiger partial charge in [0.15, 0.2) is 5.69 Å². The Morgan fingerprint density at radius 2 is 0.949 bits per heavy atom. The number of halogens is 4. The number of aliphatic hydroxyl groups excluding tert-OH is 1. The predicted octanol–water partition coefficient (Wildman–Crippen LogP) is 11.5. The molecule has 6 aliphatic heterocycles. The van der Waals surface area contributed by atoms with Crippen molar-refractivity contribution in [1.29, 1.82) is 0 Å². The summed E-state index contributed by atoms with van der Waals surface area (Å²) < 4.78 is 70.2. The Balaban J connectivity index is 0.636. The number of rotatable bonds is 25. The van der Waals surface area contributed by atoms with Crippen molar-refractivity contribution in [2.24, 2.45) is 17.8 Å². The van der Waals surface area contributed by atoms with E-state index in [1.54, 1.807) is 111 Å². The molecule has 9 aromatic rings. The first-order valence-electron chi connectivity index (χ1n) is 38.8. The molecule has 4 N–H and O–H groups in total. The number of benzene rings is 6. The Hall–Kier alpha value is -11.3. The zero-order valence-electron chi connectivity index (χ0n) is 65.0. The van der Waals surface area contributed by atoms with Gasteiger partial charge in [-0.2, -0.15) is 13.2 Å². The number of carbonyl (C=O) groups is 9. The summed E-state index contributed by atoms with van der Waals surface area (Å²) in [6, 6.07) is 29.1. The highest BCUT2D eigenvalue weighted by molar-refractivity contribution is 7.14. The molecule has 3 aromatic heterocycles. The molecule has 6 aliphatic rings. The third-order valence-corrected chi connectivity index (χ3v) is 25.3. The van der Waals surface area contributed by atoms with Crippen LogP contribution in [0.1, 0.15) is 137 Å². The molecule has 0 aliphatic carbocycles. The molecule has 0 bridgehead atoms. The van der Waals surface area contributed by atoms with Crippen LogP contribution in [0.5, 0.6) is 11.5 Å².